The van der Waals surface area contributed by atoms with Crippen LogP contribution in [0.2, 0.25) is 0 Å². The average Bonchev–Trinajstić information content (AvgIpc) is 1.19. The van der Waals surface area contributed by atoms with Gasteiger partial charge in [-0.15, -0.1) is 9.79 Å². The zero-order valence-corrected chi connectivity index (χ0v) is 6.13. The van der Waals surface area contributed by atoms with Crippen LogP contribution in [0.15, 0.2) is 0 Å². The molecule has 0 spiro atoms. The number of rotatable bonds is 0. The second-order valence-electron chi connectivity index (χ2n) is 0.986. The Morgan fingerprint density at radius 3 is 1.18 bits per heavy atom. The predicted molar refractivity (Wildman–Crippen MR) is 43.0 cm³/mol. The third-order valence-electron chi connectivity index (χ3n) is 0. The van der Waals surface area contributed by atoms with Crippen LogP contribution in [0.25, 0.3) is 0 Å². The van der Waals surface area contributed by atoms with Gasteiger partial charge in [-0.3, -0.25) is 4.55 Å². The van der Waals surface area contributed by atoms with Gasteiger partial charge in [-0.2, -0.15) is 8.42 Å². The molecular weight excluding hydrogens is 195 g/mol. The quantitative estimate of drug-likeness (QED) is 0.393. The maximum Gasteiger partial charge on any atom is 0.692 e. The maximum absolute atomic E-state index is 9.19. The Morgan fingerprint density at radius 2 is 1.18 bits per heavy atom. The second-order valence-corrected chi connectivity index (χ2v) is 2.96. The Kier molecular flexibility index (Phi) is 20.3. The first-order valence-electron chi connectivity index (χ1n) is 1.51. The standard InChI is InChI=1S/CH4O3S.2CH4.HO3P/c1-5(2,3)4;;;1-4(2)3/h1H3,(H,2,3,4);2*1H4;(H-,1,2,3)/p+1. The molecule has 0 fully saturated rings. The van der Waals surface area contributed by atoms with Crippen LogP contribution in [0, 0.1) is 0 Å². The average molecular weight is 209 g/mol. The van der Waals surface area contributed by atoms with E-state index in [2.05, 4.69) is 0 Å². The van der Waals surface area contributed by atoms with Crippen molar-refractivity contribution in [1.82, 2.24) is 0 Å². The summed E-state index contributed by atoms with van der Waals surface area (Å²) in [5.74, 6) is 0. The van der Waals surface area contributed by atoms with Crippen molar-refractivity contribution in [3.8, 4) is 0 Å². The summed E-state index contributed by atoms with van der Waals surface area (Å²) < 4.78 is 34.6. The fraction of sp³-hybridized carbons (Fsp3) is 1.00. The molecule has 0 aromatic heterocycles. The minimum absolute atomic E-state index is 0. The van der Waals surface area contributed by atoms with Gasteiger partial charge in [0, 0.05) is 4.57 Å². The van der Waals surface area contributed by atoms with E-state index in [9.17, 15) is 8.42 Å². The molecule has 0 radical (unpaired) electrons. The molecule has 0 saturated carbocycles. The van der Waals surface area contributed by atoms with Crippen LogP contribution in [-0.2, 0) is 14.7 Å². The van der Waals surface area contributed by atoms with Crippen LogP contribution in [0.3, 0.4) is 0 Å². The van der Waals surface area contributed by atoms with E-state index in [1.54, 1.807) is 0 Å². The molecule has 0 rings (SSSR count). The number of hydrogen-bond acceptors (Lipinski definition) is 3. The molecule has 72 valence electrons. The smallest absolute Gasteiger partial charge is 0.286 e. The predicted octanol–water partition coefficient (Wildman–Crippen LogP) is 0.405. The van der Waals surface area contributed by atoms with Gasteiger partial charge in [-0.25, -0.2) is 0 Å². The first-order chi connectivity index (χ1) is 3.73. The molecule has 8 heteroatoms. The first kappa shape index (κ1) is 22.4. The largest absolute Gasteiger partial charge is 0.692 e. The Morgan fingerprint density at radius 1 is 1.18 bits per heavy atom. The van der Waals surface area contributed by atoms with Crippen LogP contribution < -0.4 is 0 Å². The zero-order valence-electron chi connectivity index (χ0n) is 4.42. The highest BCUT2D eigenvalue weighted by molar-refractivity contribution is 7.85. The van der Waals surface area contributed by atoms with Crippen molar-refractivity contribution in [1.29, 1.82) is 0 Å². The SMILES string of the molecule is C.C.CS(=O)(=O)O.O=[P+](O)O. The van der Waals surface area contributed by atoms with E-state index in [0.29, 0.717) is 6.26 Å². The third kappa shape index (κ3) is 127000. The molecule has 11 heavy (non-hydrogen) atoms. The lowest BCUT2D eigenvalue weighted by Crippen LogP contribution is -1.88. The van der Waals surface area contributed by atoms with Crippen LogP contribution in [0.1, 0.15) is 14.9 Å². The molecule has 0 unspecified atom stereocenters. The van der Waals surface area contributed by atoms with Gasteiger partial charge in [0.05, 0.1) is 6.26 Å². The summed E-state index contributed by atoms with van der Waals surface area (Å²) in [7, 11) is -6.54. The summed E-state index contributed by atoms with van der Waals surface area (Å²) in [6.45, 7) is 0. The molecule has 0 heterocycles. The van der Waals surface area contributed by atoms with E-state index in [0.717, 1.165) is 0 Å². The molecular formula is C3H14O6PS+. The molecule has 0 amide bonds. The summed E-state index contributed by atoms with van der Waals surface area (Å²) >= 11 is 0. The van der Waals surface area contributed by atoms with Crippen LogP contribution in [0.4, 0.5) is 0 Å². The van der Waals surface area contributed by atoms with Gasteiger partial charge in [0.15, 0.2) is 0 Å². The third-order valence-corrected chi connectivity index (χ3v) is 0. The summed E-state index contributed by atoms with van der Waals surface area (Å²) in [4.78, 5) is 14.2. The molecule has 0 atom stereocenters. The molecule has 0 aliphatic heterocycles. The van der Waals surface area contributed by atoms with E-state index in [-0.39, 0.29) is 14.9 Å². The molecule has 3 N–H and O–H groups in total. The van der Waals surface area contributed by atoms with Gasteiger partial charge in [-0.1, -0.05) is 14.9 Å². The minimum atomic E-state index is -3.67. The molecule has 0 aliphatic rings. The maximum atomic E-state index is 9.19. The zero-order chi connectivity index (χ0) is 8.08. The second kappa shape index (κ2) is 9.93. The minimum Gasteiger partial charge on any atom is -0.286 e. The van der Waals surface area contributed by atoms with Gasteiger partial charge < -0.3 is 0 Å². The molecule has 0 bridgehead atoms. The molecule has 0 saturated heterocycles. The summed E-state index contributed by atoms with van der Waals surface area (Å²) in [5, 5.41) is 0. The van der Waals surface area contributed by atoms with Crippen molar-refractivity contribution < 1.29 is 27.3 Å². The van der Waals surface area contributed by atoms with Crippen molar-refractivity contribution in [2.75, 3.05) is 6.26 Å². The summed E-state index contributed by atoms with van der Waals surface area (Å²) in [5.41, 5.74) is 0. The van der Waals surface area contributed by atoms with E-state index < -0.39 is 18.4 Å². The van der Waals surface area contributed by atoms with Crippen LogP contribution in [0.5, 0.6) is 0 Å². The highest BCUT2D eigenvalue weighted by atomic mass is 32.2. The molecule has 0 aromatic carbocycles. The Balaban J connectivity index is -0.0000000383. The first-order valence-corrected chi connectivity index (χ1v) is 4.52. The number of hydrogen-bond donors (Lipinski definition) is 3. The van der Waals surface area contributed by atoms with Crippen molar-refractivity contribution in [3.05, 3.63) is 0 Å². The fourth-order valence-corrected chi connectivity index (χ4v) is 0. The highest BCUT2D eigenvalue weighted by Gasteiger charge is 1.93. The van der Waals surface area contributed by atoms with Crippen molar-refractivity contribution in [2.24, 2.45) is 0 Å². The lowest BCUT2D eigenvalue weighted by atomic mass is 12.0. The monoisotopic (exact) mass is 209 g/mol. The molecule has 0 aliphatic carbocycles. The van der Waals surface area contributed by atoms with E-state index >= 15 is 0 Å². The highest BCUT2D eigenvalue weighted by Crippen LogP contribution is 1.98. The van der Waals surface area contributed by atoms with Gasteiger partial charge in [0.1, 0.15) is 0 Å². The van der Waals surface area contributed by atoms with E-state index in [4.69, 9.17) is 18.9 Å². The van der Waals surface area contributed by atoms with Crippen LogP contribution >= 0.6 is 8.25 Å². The van der Waals surface area contributed by atoms with E-state index in [1.165, 1.54) is 0 Å². The lowest BCUT2D eigenvalue weighted by Gasteiger charge is -1.69. The lowest BCUT2D eigenvalue weighted by molar-refractivity contribution is 0.405. The summed E-state index contributed by atoms with van der Waals surface area (Å²) in [6.07, 6.45) is 0.715. The van der Waals surface area contributed by atoms with Crippen molar-refractivity contribution >= 4 is 18.4 Å². The van der Waals surface area contributed by atoms with E-state index in [1.807, 2.05) is 0 Å². The fourth-order valence-electron chi connectivity index (χ4n) is 0. The van der Waals surface area contributed by atoms with Gasteiger partial charge >= 0.3 is 8.25 Å². The van der Waals surface area contributed by atoms with Gasteiger partial charge in [-0.05, 0) is 0 Å². The van der Waals surface area contributed by atoms with Crippen molar-refractivity contribution in [2.45, 2.75) is 14.9 Å². The Hall–Kier alpha value is -0.0700. The molecule has 0 aromatic rings. The van der Waals surface area contributed by atoms with Crippen molar-refractivity contribution in [3.63, 3.8) is 0 Å². The van der Waals surface area contributed by atoms with Gasteiger partial charge in [0.2, 0.25) is 0 Å². The molecule has 6 nitrogen and oxygen atoms in total. The topological polar surface area (TPSA) is 112 Å². The summed E-state index contributed by atoms with van der Waals surface area (Å²) in [6, 6.07) is 0. The normalized spacial score (nSPS) is 7.64. The van der Waals surface area contributed by atoms with Gasteiger partial charge in [0.25, 0.3) is 10.1 Å². The van der Waals surface area contributed by atoms with Crippen LogP contribution in [-0.4, -0.2) is 29.0 Å². The Bertz CT molecular complexity index is 160. The Labute approximate surface area is 67.6 Å².